The number of alkyl halides is 2. The van der Waals surface area contributed by atoms with Gasteiger partial charge in [-0.05, 0) is 6.07 Å². The third-order valence-corrected chi connectivity index (χ3v) is 4.50. The van der Waals surface area contributed by atoms with E-state index in [0.29, 0.717) is 41.0 Å². The number of rotatable bonds is 7. The first-order chi connectivity index (χ1) is 15.1. The summed E-state index contributed by atoms with van der Waals surface area (Å²) in [5.41, 5.74) is 2.09. The van der Waals surface area contributed by atoms with Crippen LogP contribution in [0.25, 0.3) is 11.3 Å². The van der Waals surface area contributed by atoms with Crippen molar-refractivity contribution in [2.45, 2.75) is 19.7 Å². The summed E-state index contributed by atoms with van der Waals surface area (Å²) in [6, 6.07) is 14.5. The molecule has 0 spiro atoms. The second kappa shape index (κ2) is 9.33. The summed E-state index contributed by atoms with van der Waals surface area (Å²) in [6.45, 7) is -2.39. The van der Waals surface area contributed by atoms with Crippen molar-refractivity contribution >= 4 is 5.96 Å². The highest BCUT2D eigenvalue weighted by Gasteiger charge is 2.20. The lowest BCUT2D eigenvalue weighted by atomic mass is 10.1. The van der Waals surface area contributed by atoms with E-state index in [2.05, 4.69) is 25.5 Å². The van der Waals surface area contributed by atoms with Gasteiger partial charge in [-0.15, -0.1) is 0 Å². The van der Waals surface area contributed by atoms with Crippen molar-refractivity contribution in [1.82, 2.24) is 15.8 Å². The van der Waals surface area contributed by atoms with Gasteiger partial charge in [0, 0.05) is 36.9 Å². The van der Waals surface area contributed by atoms with Gasteiger partial charge in [0.2, 0.25) is 6.79 Å². The van der Waals surface area contributed by atoms with Crippen LogP contribution in [-0.2, 0) is 13.1 Å². The average Bonchev–Trinajstić information content (AvgIpc) is 3.43. The molecule has 31 heavy (non-hydrogen) atoms. The summed E-state index contributed by atoms with van der Waals surface area (Å²) in [6.07, 6.45) is 0. The standard InChI is InChI=1S/C21H20F2N4O4/c1-24-21(26-11-15-8-17(31-27-15)13-5-3-2-4-6-13)25-10-14-7-18-19(29-12-28-18)9-16(14)30-20(22)23/h2-9,20H,10-12H2,1H3,(H2,24,25,26). The van der Waals surface area contributed by atoms with Crippen LogP contribution in [0.1, 0.15) is 11.3 Å². The molecule has 0 saturated heterocycles. The fraction of sp³-hybridized carbons (Fsp3) is 0.238. The van der Waals surface area contributed by atoms with Gasteiger partial charge < -0.3 is 29.4 Å². The predicted octanol–water partition coefficient (Wildman–Crippen LogP) is 3.54. The molecule has 4 rings (SSSR count). The van der Waals surface area contributed by atoms with Gasteiger partial charge in [-0.25, -0.2) is 0 Å². The van der Waals surface area contributed by atoms with Crippen LogP contribution in [0.4, 0.5) is 8.78 Å². The summed E-state index contributed by atoms with van der Waals surface area (Å²) in [5, 5.41) is 10.2. The molecule has 1 aliphatic heterocycles. The summed E-state index contributed by atoms with van der Waals surface area (Å²) >= 11 is 0. The van der Waals surface area contributed by atoms with Crippen LogP contribution >= 0.6 is 0 Å². The second-order valence-corrected chi connectivity index (χ2v) is 6.52. The number of hydrogen-bond donors (Lipinski definition) is 2. The third-order valence-electron chi connectivity index (χ3n) is 4.50. The Hall–Kier alpha value is -3.82. The number of guanidine groups is 1. The molecular weight excluding hydrogens is 410 g/mol. The molecule has 10 heteroatoms. The second-order valence-electron chi connectivity index (χ2n) is 6.52. The number of hydrogen-bond acceptors (Lipinski definition) is 6. The van der Waals surface area contributed by atoms with E-state index in [1.165, 1.54) is 6.07 Å². The zero-order chi connectivity index (χ0) is 21.6. The molecule has 0 radical (unpaired) electrons. The summed E-state index contributed by atoms with van der Waals surface area (Å²) < 4.78 is 46.1. The Labute approximate surface area is 176 Å². The van der Waals surface area contributed by atoms with Crippen LogP contribution in [0.2, 0.25) is 0 Å². The van der Waals surface area contributed by atoms with E-state index in [-0.39, 0.29) is 19.1 Å². The maximum Gasteiger partial charge on any atom is 0.387 e. The lowest BCUT2D eigenvalue weighted by Gasteiger charge is -2.15. The Morgan fingerprint density at radius 1 is 1.10 bits per heavy atom. The molecular formula is C21H20F2N4O4. The van der Waals surface area contributed by atoms with Gasteiger partial charge in [-0.1, -0.05) is 35.5 Å². The molecule has 0 bridgehead atoms. The van der Waals surface area contributed by atoms with Crippen molar-refractivity contribution in [1.29, 1.82) is 0 Å². The van der Waals surface area contributed by atoms with Crippen molar-refractivity contribution in [3.8, 4) is 28.6 Å². The molecule has 2 aromatic carbocycles. The lowest BCUT2D eigenvalue weighted by molar-refractivity contribution is -0.0505. The van der Waals surface area contributed by atoms with Gasteiger partial charge in [0.25, 0.3) is 0 Å². The SMILES string of the molecule is CN=C(NCc1cc(-c2ccccc2)on1)NCc1cc2c(cc1OC(F)F)OCO2. The average molecular weight is 430 g/mol. The van der Waals surface area contributed by atoms with Gasteiger partial charge in [0.1, 0.15) is 11.4 Å². The highest BCUT2D eigenvalue weighted by atomic mass is 19.3. The van der Waals surface area contributed by atoms with Gasteiger partial charge in [-0.2, -0.15) is 8.78 Å². The van der Waals surface area contributed by atoms with Crippen molar-refractivity contribution in [2.75, 3.05) is 13.8 Å². The molecule has 1 aliphatic rings. The van der Waals surface area contributed by atoms with Crippen LogP contribution < -0.4 is 24.8 Å². The first-order valence-corrected chi connectivity index (χ1v) is 9.45. The van der Waals surface area contributed by atoms with Crippen LogP contribution in [0.15, 0.2) is 58.0 Å². The van der Waals surface area contributed by atoms with E-state index >= 15 is 0 Å². The topological polar surface area (TPSA) is 90.1 Å². The first kappa shape index (κ1) is 20.5. The van der Waals surface area contributed by atoms with Crippen LogP contribution in [0.3, 0.4) is 0 Å². The maximum atomic E-state index is 12.8. The van der Waals surface area contributed by atoms with E-state index in [4.69, 9.17) is 14.0 Å². The normalized spacial score (nSPS) is 12.8. The molecule has 8 nitrogen and oxygen atoms in total. The minimum Gasteiger partial charge on any atom is -0.454 e. The zero-order valence-electron chi connectivity index (χ0n) is 16.6. The number of benzene rings is 2. The highest BCUT2D eigenvalue weighted by molar-refractivity contribution is 5.79. The molecule has 0 amide bonds. The van der Waals surface area contributed by atoms with Crippen molar-refractivity contribution in [3.63, 3.8) is 0 Å². The van der Waals surface area contributed by atoms with E-state index in [1.807, 2.05) is 36.4 Å². The lowest BCUT2D eigenvalue weighted by Crippen LogP contribution is -2.36. The molecule has 3 aromatic rings. The van der Waals surface area contributed by atoms with E-state index < -0.39 is 6.61 Å². The van der Waals surface area contributed by atoms with E-state index in [1.54, 1.807) is 13.1 Å². The number of nitrogens with one attached hydrogen (secondary N) is 2. The summed E-state index contributed by atoms with van der Waals surface area (Å²) in [7, 11) is 1.60. The minimum absolute atomic E-state index is 0.00575. The number of halogens is 2. The molecule has 2 N–H and O–H groups in total. The van der Waals surface area contributed by atoms with Crippen molar-refractivity contribution < 1.29 is 27.5 Å². The summed E-state index contributed by atoms with van der Waals surface area (Å²) in [5.74, 6) is 1.95. The third kappa shape index (κ3) is 5.03. The number of aromatic nitrogens is 1. The van der Waals surface area contributed by atoms with E-state index in [9.17, 15) is 8.78 Å². The smallest absolute Gasteiger partial charge is 0.387 e. The Bertz CT molecular complexity index is 1060. The fourth-order valence-corrected chi connectivity index (χ4v) is 3.02. The number of aliphatic imine (C=N–C) groups is 1. The first-order valence-electron chi connectivity index (χ1n) is 9.45. The van der Waals surface area contributed by atoms with Crippen LogP contribution in [-0.4, -0.2) is 31.6 Å². The summed E-state index contributed by atoms with van der Waals surface area (Å²) in [4.78, 5) is 4.14. The quantitative estimate of drug-likeness (QED) is 0.438. The molecule has 0 fully saturated rings. The van der Waals surface area contributed by atoms with Crippen LogP contribution in [0, 0.1) is 0 Å². The van der Waals surface area contributed by atoms with Gasteiger partial charge in [0.15, 0.2) is 23.2 Å². The van der Waals surface area contributed by atoms with Crippen LogP contribution in [0.5, 0.6) is 17.2 Å². The minimum atomic E-state index is -2.96. The maximum absolute atomic E-state index is 12.8. The predicted molar refractivity (Wildman–Crippen MR) is 108 cm³/mol. The van der Waals surface area contributed by atoms with E-state index in [0.717, 1.165) is 5.56 Å². The van der Waals surface area contributed by atoms with Crippen molar-refractivity contribution in [2.24, 2.45) is 4.99 Å². The molecule has 0 aliphatic carbocycles. The fourth-order valence-electron chi connectivity index (χ4n) is 3.02. The number of nitrogens with zero attached hydrogens (tertiary/aromatic N) is 2. The van der Waals surface area contributed by atoms with Crippen molar-refractivity contribution in [3.05, 3.63) is 59.8 Å². The molecule has 0 saturated carbocycles. The largest absolute Gasteiger partial charge is 0.454 e. The monoisotopic (exact) mass is 430 g/mol. The highest BCUT2D eigenvalue weighted by Crippen LogP contribution is 2.38. The molecule has 162 valence electrons. The Kier molecular flexibility index (Phi) is 6.16. The van der Waals surface area contributed by atoms with Gasteiger partial charge in [0.05, 0.1) is 6.54 Å². The Balaban J connectivity index is 1.38. The Morgan fingerprint density at radius 3 is 2.58 bits per heavy atom. The molecule has 0 unspecified atom stereocenters. The van der Waals surface area contributed by atoms with Gasteiger partial charge >= 0.3 is 6.61 Å². The Morgan fingerprint density at radius 2 is 1.84 bits per heavy atom. The number of fused-ring (bicyclic) bond motifs is 1. The molecule has 0 atom stereocenters. The van der Waals surface area contributed by atoms with Gasteiger partial charge in [-0.3, -0.25) is 4.99 Å². The number of ether oxygens (including phenoxy) is 3. The zero-order valence-corrected chi connectivity index (χ0v) is 16.6. The molecule has 2 heterocycles. The molecule has 1 aromatic heterocycles.